The fourth-order valence-corrected chi connectivity index (χ4v) is 2.68. The predicted octanol–water partition coefficient (Wildman–Crippen LogP) is 0.886. The number of benzene rings is 1. The Hall–Kier alpha value is -2.57. The second-order valence-corrected chi connectivity index (χ2v) is 6.19. The summed E-state index contributed by atoms with van der Waals surface area (Å²) in [4.78, 5) is 34.5. The summed E-state index contributed by atoms with van der Waals surface area (Å²) in [6.45, 7) is 6.58. The van der Waals surface area contributed by atoms with Crippen LogP contribution in [0.25, 0.3) is 0 Å². The van der Waals surface area contributed by atoms with Crippen LogP contribution in [0.5, 0.6) is 5.75 Å². The van der Waals surface area contributed by atoms with E-state index in [2.05, 4.69) is 16.0 Å². The van der Waals surface area contributed by atoms with Gasteiger partial charge >= 0.3 is 0 Å². The van der Waals surface area contributed by atoms with E-state index < -0.39 is 0 Å². The molecule has 0 saturated heterocycles. The summed E-state index contributed by atoms with van der Waals surface area (Å²) in [6.07, 6.45) is 0.224. The number of rotatable bonds is 7. The van der Waals surface area contributed by atoms with Gasteiger partial charge in [-0.25, -0.2) is 0 Å². The lowest BCUT2D eigenvalue weighted by Gasteiger charge is -2.12. The van der Waals surface area contributed by atoms with Gasteiger partial charge in [0.05, 0.1) is 6.04 Å². The number of carbonyl (C=O) groups excluding carboxylic acids is 3. The van der Waals surface area contributed by atoms with Gasteiger partial charge in [-0.05, 0) is 25.0 Å². The van der Waals surface area contributed by atoms with Crippen molar-refractivity contribution in [3.8, 4) is 5.75 Å². The van der Waals surface area contributed by atoms with Gasteiger partial charge in [-0.3, -0.25) is 14.4 Å². The molecule has 3 amide bonds. The third-order valence-electron chi connectivity index (χ3n) is 4.21. The van der Waals surface area contributed by atoms with Gasteiger partial charge in [0.25, 0.3) is 0 Å². The Labute approximate surface area is 147 Å². The van der Waals surface area contributed by atoms with Crippen molar-refractivity contribution in [1.29, 1.82) is 0 Å². The van der Waals surface area contributed by atoms with Crippen LogP contribution in [0.2, 0.25) is 0 Å². The van der Waals surface area contributed by atoms with Crippen molar-refractivity contribution in [3.05, 3.63) is 28.8 Å². The van der Waals surface area contributed by atoms with Crippen LogP contribution in [0.1, 0.15) is 42.5 Å². The first-order valence-electron chi connectivity index (χ1n) is 8.42. The monoisotopic (exact) mass is 347 g/mol. The summed E-state index contributed by atoms with van der Waals surface area (Å²) in [6, 6.07) is 3.82. The van der Waals surface area contributed by atoms with Crippen LogP contribution in [0.4, 0.5) is 0 Å². The van der Waals surface area contributed by atoms with E-state index in [9.17, 15) is 14.4 Å². The number of amides is 3. The molecule has 0 aliphatic carbocycles. The fraction of sp³-hybridized carbons (Fsp3) is 0.500. The molecule has 2 rings (SSSR count). The van der Waals surface area contributed by atoms with E-state index in [1.807, 2.05) is 26.0 Å². The highest BCUT2D eigenvalue weighted by atomic mass is 16.5. The number of nitrogens with one attached hydrogen (secondary N) is 3. The molecule has 136 valence electrons. The minimum Gasteiger partial charge on any atom is -0.490 e. The van der Waals surface area contributed by atoms with E-state index in [1.165, 1.54) is 6.92 Å². The fourth-order valence-electron chi connectivity index (χ4n) is 2.68. The zero-order chi connectivity index (χ0) is 18.4. The maximum Gasteiger partial charge on any atom is 0.221 e. The molecular weight excluding hydrogens is 322 g/mol. The summed E-state index contributed by atoms with van der Waals surface area (Å²) < 4.78 is 5.71. The van der Waals surface area contributed by atoms with E-state index in [1.54, 1.807) is 0 Å². The predicted molar refractivity (Wildman–Crippen MR) is 93.2 cm³/mol. The number of carbonyl (C=O) groups is 3. The minimum absolute atomic E-state index is 0.110. The molecule has 1 aliphatic heterocycles. The zero-order valence-corrected chi connectivity index (χ0v) is 14.9. The standard InChI is InChI=1S/C18H25N3O4/c1-11-4-5-14-15(10-25-18(14)12(11)2)21-17(24)7-6-16(23)20-9-8-19-13(3)22/h4-5,15H,6-10H2,1-3H3,(H,19,22)(H,20,23)(H,21,24)/t15-/m1/s1. The van der Waals surface area contributed by atoms with Crippen molar-refractivity contribution in [3.63, 3.8) is 0 Å². The quantitative estimate of drug-likeness (QED) is 0.638. The average molecular weight is 347 g/mol. The van der Waals surface area contributed by atoms with Gasteiger partial charge in [-0.2, -0.15) is 0 Å². The molecule has 0 radical (unpaired) electrons. The summed E-state index contributed by atoms with van der Waals surface area (Å²) in [5, 5.41) is 8.16. The van der Waals surface area contributed by atoms with Crippen molar-refractivity contribution in [1.82, 2.24) is 16.0 Å². The third-order valence-corrected chi connectivity index (χ3v) is 4.21. The van der Waals surface area contributed by atoms with Crippen molar-refractivity contribution in [2.24, 2.45) is 0 Å². The van der Waals surface area contributed by atoms with Crippen LogP contribution >= 0.6 is 0 Å². The Morgan fingerprint density at radius 3 is 2.48 bits per heavy atom. The molecule has 0 aromatic heterocycles. The molecule has 1 aromatic carbocycles. The molecule has 0 saturated carbocycles. The second kappa shape index (κ2) is 8.50. The summed E-state index contributed by atoms with van der Waals surface area (Å²) in [5.41, 5.74) is 3.23. The Morgan fingerprint density at radius 2 is 1.76 bits per heavy atom. The van der Waals surface area contributed by atoms with Crippen LogP contribution in [0.15, 0.2) is 12.1 Å². The lowest BCUT2D eigenvalue weighted by molar-refractivity contribution is -0.126. The second-order valence-electron chi connectivity index (χ2n) is 6.19. The highest BCUT2D eigenvalue weighted by molar-refractivity contribution is 5.84. The van der Waals surface area contributed by atoms with Crippen molar-refractivity contribution >= 4 is 17.7 Å². The summed E-state index contributed by atoms with van der Waals surface area (Å²) in [5.74, 6) is 0.311. The number of aryl methyl sites for hydroxylation is 1. The van der Waals surface area contributed by atoms with Crippen molar-refractivity contribution in [2.75, 3.05) is 19.7 Å². The van der Waals surface area contributed by atoms with Crippen LogP contribution < -0.4 is 20.7 Å². The largest absolute Gasteiger partial charge is 0.490 e. The van der Waals surface area contributed by atoms with Crippen molar-refractivity contribution in [2.45, 2.75) is 39.7 Å². The molecule has 1 atom stereocenters. The number of ether oxygens (including phenoxy) is 1. The van der Waals surface area contributed by atoms with Gasteiger partial charge in [0.2, 0.25) is 17.7 Å². The van der Waals surface area contributed by atoms with Gasteiger partial charge in [-0.1, -0.05) is 12.1 Å². The molecule has 1 heterocycles. The molecular formula is C18H25N3O4. The smallest absolute Gasteiger partial charge is 0.221 e. The van der Waals surface area contributed by atoms with Gasteiger partial charge in [0.15, 0.2) is 0 Å². The molecule has 7 nitrogen and oxygen atoms in total. The van der Waals surface area contributed by atoms with Crippen LogP contribution in [0.3, 0.4) is 0 Å². The van der Waals surface area contributed by atoms with Gasteiger partial charge in [0.1, 0.15) is 12.4 Å². The van der Waals surface area contributed by atoms with Crippen LogP contribution in [0, 0.1) is 13.8 Å². The van der Waals surface area contributed by atoms with E-state index >= 15 is 0 Å². The Kier molecular flexibility index (Phi) is 6.38. The van der Waals surface area contributed by atoms with Gasteiger partial charge in [-0.15, -0.1) is 0 Å². The molecule has 0 spiro atoms. The van der Waals surface area contributed by atoms with Crippen LogP contribution in [-0.4, -0.2) is 37.4 Å². The Balaban J connectivity index is 1.74. The van der Waals surface area contributed by atoms with E-state index in [0.717, 1.165) is 22.4 Å². The molecule has 1 aromatic rings. The average Bonchev–Trinajstić information content (AvgIpc) is 2.96. The van der Waals surface area contributed by atoms with E-state index in [-0.39, 0.29) is 36.6 Å². The Bertz CT molecular complexity index is 673. The van der Waals surface area contributed by atoms with Crippen molar-refractivity contribution < 1.29 is 19.1 Å². The minimum atomic E-state index is -0.213. The van der Waals surface area contributed by atoms with Gasteiger partial charge < -0.3 is 20.7 Å². The molecule has 3 N–H and O–H groups in total. The number of hydrogen-bond acceptors (Lipinski definition) is 4. The number of hydrogen-bond donors (Lipinski definition) is 3. The van der Waals surface area contributed by atoms with E-state index in [4.69, 9.17) is 4.74 Å². The van der Waals surface area contributed by atoms with Gasteiger partial charge in [0, 0.05) is 38.4 Å². The summed E-state index contributed by atoms with van der Waals surface area (Å²) in [7, 11) is 0. The maximum atomic E-state index is 12.1. The normalized spacial score (nSPS) is 15.1. The third kappa shape index (κ3) is 5.20. The maximum absolute atomic E-state index is 12.1. The molecule has 0 bridgehead atoms. The lowest BCUT2D eigenvalue weighted by Crippen LogP contribution is -2.35. The number of fused-ring (bicyclic) bond motifs is 1. The zero-order valence-electron chi connectivity index (χ0n) is 14.9. The summed E-state index contributed by atoms with van der Waals surface area (Å²) >= 11 is 0. The first-order valence-corrected chi connectivity index (χ1v) is 8.42. The molecule has 7 heteroatoms. The highest BCUT2D eigenvalue weighted by Gasteiger charge is 2.27. The van der Waals surface area contributed by atoms with Crippen LogP contribution in [-0.2, 0) is 14.4 Å². The topological polar surface area (TPSA) is 96.5 Å². The SMILES string of the molecule is CC(=O)NCCNC(=O)CCC(=O)N[C@@H]1COc2c1ccc(C)c2C. The Morgan fingerprint density at radius 1 is 1.08 bits per heavy atom. The molecule has 25 heavy (non-hydrogen) atoms. The first-order chi connectivity index (χ1) is 11.9. The molecule has 0 unspecified atom stereocenters. The molecule has 1 aliphatic rings. The molecule has 0 fully saturated rings. The first kappa shape index (κ1) is 18.8. The lowest BCUT2D eigenvalue weighted by atomic mass is 10.0. The van der Waals surface area contributed by atoms with E-state index in [0.29, 0.717) is 19.7 Å². The highest BCUT2D eigenvalue weighted by Crippen LogP contribution is 2.36.